The van der Waals surface area contributed by atoms with Crippen LogP contribution in [0.1, 0.15) is 81.7 Å². The normalized spacial score (nSPS) is 13.6. The fourth-order valence-electron chi connectivity index (χ4n) is 6.37. The molecule has 1 heterocycles. The highest BCUT2D eigenvalue weighted by Gasteiger charge is 2.34. The Bertz CT molecular complexity index is 1910. The summed E-state index contributed by atoms with van der Waals surface area (Å²) >= 11 is 0. The van der Waals surface area contributed by atoms with E-state index in [0.29, 0.717) is 45.4 Å². The second kappa shape index (κ2) is 23.3. The molecule has 0 saturated carbocycles. The fraction of sp³-hybridized carbons (Fsp3) is 0.442. The summed E-state index contributed by atoms with van der Waals surface area (Å²) in [6.07, 6.45) is 1.10. The summed E-state index contributed by atoms with van der Waals surface area (Å²) in [5.74, 6) is -0.897. The average Bonchev–Trinajstić information content (AvgIpc) is 3.63. The van der Waals surface area contributed by atoms with Crippen LogP contribution in [-0.2, 0) is 38.8 Å². The van der Waals surface area contributed by atoms with Gasteiger partial charge in [-0.25, -0.2) is 9.59 Å². The van der Waals surface area contributed by atoms with E-state index in [0.717, 1.165) is 27.9 Å². The molecule has 0 bridgehead atoms. The summed E-state index contributed by atoms with van der Waals surface area (Å²) < 4.78 is 5.31. The number of urea groups is 1. The Morgan fingerprint density at radius 1 is 0.800 bits per heavy atom. The van der Waals surface area contributed by atoms with E-state index >= 15 is 0 Å². The van der Waals surface area contributed by atoms with E-state index < -0.39 is 35.7 Å². The second-order valence-corrected chi connectivity index (χ2v) is 15.4. The van der Waals surface area contributed by atoms with Gasteiger partial charge in [-0.1, -0.05) is 55.5 Å². The van der Waals surface area contributed by atoms with Gasteiger partial charge in [0.15, 0.2) is 5.96 Å². The van der Waals surface area contributed by atoms with E-state index in [1.54, 1.807) is 19.1 Å². The first kappa shape index (κ1) is 46.3. The van der Waals surface area contributed by atoms with E-state index in [1.807, 2.05) is 69.3 Å². The van der Waals surface area contributed by atoms with E-state index in [4.69, 9.17) is 10.5 Å². The minimum absolute atomic E-state index is 0.105. The number of fused-ring (bicyclic) bond motifs is 1. The number of hydrogen-bond acceptors (Lipinski definition) is 9. The quantitative estimate of drug-likeness (QED) is 0.0454. The van der Waals surface area contributed by atoms with Crippen LogP contribution >= 0.6 is 0 Å². The van der Waals surface area contributed by atoms with Crippen molar-refractivity contribution in [1.29, 1.82) is 0 Å². The first-order valence-electron chi connectivity index (χ1n) is 20.3. The zero-order chi connectivity index (χ0) is 43.5. The number of nitrogens with two attached hydrogens (primary N) is 1. The number of hydrogen-bond donors (Lipinski definition) is 9. The maximum atomic E-state index is 14.6. The Kier molecular flexibility index (Phi) is 18.0. The summed E-state index contributed by atoms with van der Waals surface area (Å²) in [5.41, 5.74) is 9.88. The third kappa shape index (κ3) is 16.1. The molecule has 0 radical (unpaired) electrons. The van der Waals surface area contributed by atoms with Crippen molar-refractivity contribution < 1.29 is 33.8 Å². The predicted octanol–water partition coefficient (Wildman–Crippen LogP) is 3.50. The summed E-state index contributed by atoms with van der Waals surface area (Å²) in [6.45, 7) is 10.1. The number of amides is 6. The average molecular weight is 829 g/mol. The Morgan fingerprint density at radius 3 is 2.17 bits per heavy atom. The van der Waals surface area contributed by atoms with Crippen molar-refractivity contribution in [3.63, 3.8) is 0 Å². The van der Waals surface area contributed by atoms with Crippen molar-refractivity contribution >= 4 is 41.5 Å². The number of rotatable bonds is 20. The topological polar surface area (TPSA) is 241 Å². The standard InChI is InChI=1S/C43H60N10O7/c1-5-36(55)46-23-24-48-41(58)52-40(44)47-20-9-15-35(38(56)50-26-29-16-18-34(54)19-17-29)51-39(57)37(53-27-31-11-6-7-12-32(31)28-53)30-13-8-14-33(25-30)45-21-10-22-49-42(59)60-43(2,3)4/h6-8,11-14,16-19,25,35,37,45,54H,5,9-10,15,20-24,26-28H2,1-4H3,(H,46,55)(H,49,59)(H,50,56)(H,51,57)(H4,44,47,48,52,58)/t35-,37+/m1/s1. The molecule has 1 aliphatic heterocycles. The number of aliphatic imine (C=N–C) groups is 1. The molecule has 1 aliphatic rings. The van der Waals surface area contributed by atoms with Crippen LogP contribution in [0.25, 0.3) is 0 Å². The number of phenolic OH excluding ortho intramolecular Hbond substituents is 1. The summed E-state index contributed by atoms with van der Waals surface area (Å²) in [7, 11) is 0. The number of carbonyl (C=O) groups is 5. The molecule has 0 saturated heterocycles. The van der Waals surface area contributed by atoms with Gasteiger partial charge < -0.3 is 52.8 Å². The monoisotopic (exact) mass is 828 g/mol. The molecule has 324 valence electrons. The molecule has 0 aromatic heterocycles. The van der Waals surface area contributed by atoms with Gasteiger partial charge in [0.2, 0.25) is 17.7 Å². The van der Waals surface area contributed by atoms with Crippen LogP contribution in [0.2, 0.25) is 0 Å². The lowest BCUT2D eigenvalue weighted by molar-refractivity contribution is -0.132. The Labute approximate surface area is 351 Å². The molecule has 17 nitrogen and oxygen atoms in total. The number of nitrogens with one attached hydrogen (secondary N) is 7. The van der Waals surface area contributed by atoms with Crippen molar-refractivity contribution in [3.8, 4) is 5.75 Å². The zero-order valence-corrected chi connectivity index (χ0v) is 34.9. The molecule has 17 heteroatoms. The number of aromatic hydroxyl groups is 1. The minimum atomic E-state index is -0.942. The van der Waals surface area contributed by atoms with Gasteiger partial charge in [-0.3, -0.25) is 19.3 Å². The molecular formula is C43H60N10O7. The van der Waals surface area contributed by atoms with Crippen LogP contribution in [0.5, 0.6) is 5.75 Å². The fourth-order valence-corrected chi connectivity index (χ4v) is 6.37. The number of alkyl carbamates (subject to hydrolysis) is 1. The van der Waals surface area contributed by atoms with Crippen LogP contribution in [-0.4, -0.2) is 90.2 Å². The number of phenols is 1. The van der Waals surface area contributed by atoms with Gasteiger partial charge in [0.05, 0.1) is 0 Å². The third-order valence-electron chi connectivity index (χ3n) is 9.31. The predicted molar refractivity (Wildman–Crippen MR) is 230 cm³/mol. The van der Waals surface area contributed by atoms with Crippen LogP contribution in [0.4, 0.5) is 15.3 Å². The number of ether oxygens (including phenoxy) is 1. The van der Waals surface area contributed by atoms with Gasteiger partial charge in [-0.15, -0.1) is 0 Å². The molecule has 4 rings (SSSR count). The smallest absolute Gasteiger partial charge is 0.407 e. The Balaban J connectivity index is 1.45. The lowest BCUT2D eigenvalue weighted by Gasteiger charge is -2.29. The zero-order valence-electron chi connectivity index (χ0n) is 34.9. The molecule has 0 fully saturated rings. The number of benzene rings is 3. The molecule has 10 N–H and O–H groups in total. The lowest BCUT2D eigenvalue weighted by atomic mass is 10.0. The van der Waals surface area contributed by atoms with Crippen LogP contribution in [0, 0.1) is 0 Å². The number of anilines is 1. The first-order chi connectivity index (χ1) is 28.7. The first-order valence-corrected chi connectivity index (χ1v) is 20.3. The van der Waals surface area contributed by atoms with Gasteiger partial charge >= 0.3 is 12.1 Å². The van der Waals surface area contributed by atoms with Crippen molar-refractivity contribution in [2.24, 2.45) is 10.7 Å². The molecule has 0 unspecified atom stereocenters. The van der Waals surface area contributed by atoms with Gasteiger partial charge in [0.1, 0.15) is 23.4 Å². The SMILES string of the molecule is CCC(=O)NCCNC(=O)/N=C(/N)NCCC[C@@H](NC(=O)[C@H](c1cccc(NCCCNC(=O)OC(C)(C)C)c1)N1Cc2ccccc2C1)C(=O)NCc1ccc(O)cc1. The number of nitrogens with zero attached hydrogens (tertiary/aromatic N) is 2. The van der Waals surface area contributed by atoms with Crippen molar-refractivity contribution in [2.75, 3.05) is 38.0 Å². The van der Waals surface area contributed by atoms with E-state index in [-0.39, 0.29) is 56.1 Å². The molecule has 60 heavy (non-hydrogen) atoms. The highest BCUT2D eigenvalue weighted by atomic mass is 16.6. The highest BCUT2D eigenvalue weighted by Crippen LogP contribution is 2.33. The lowest BCUT2D eigenvalue weighted by Crippen LogP contribution is -2.50. The van der Waals surface area contributed by atoms with Crippen molar-refractivity contribution in [3.05, 3.63) is 95.1 Å². The summed E-state index contributed by atoms with van der Waals surface area (Å²) in [5, 5.41) is 29.9. The molecule has 6 amide bonds. The van der Waals surface area contributed by atoms with Crippen molar-refractivity contribution in [2.45, 2.75) is 90.7 Å². The molecule has 0 aliphatic carbocycles. The number of guanidine groups is 1. The molecule has 3 aromatic carbocycles. The largest absolute Gasteiger partial charge is 0.508 e. The van der Waals surface area contributed by atoms with E-state index in [2.05, 4.69) is 47.1 Å². The van der Waals surface area contributed by atoms with Crippen LogP contribution < -0.4 is 43.0 Å². The summed E-state index contributed by atoms with van der Waals surface area (Å²) in [4.78, 5) is 69.8. The van der Waals surface area contributed by atoms with Gasteiger partial charge in [-0.2, -0.15) is 4.99 Å². The number of carbonyl (C=O) groups excluding carboxylic acids is 5. The van der Waals surface area contributed by atoms with Crippen LogP contribution in [0.15, 0.2) is 77.8 Å². The third-order valence-corrected chi connectivity index (χ3v) is 9.31. The Morgan fingerprint density at radius 2 is 1.48 bits per heavy atom. The second-order valence-electron chi connectivity index (χ2n) is 15.4. The molecule has 2 atom stereocenters. The van der Waals surface area contributed by atoms with Crippen LogP contribution in [0.3, 0.4) is 0 Å². The van der Waals surface area contributed by atoms with Gasteiger partial charge in [0, 0.05) is 64.5 Å². The maximum Gasteiger partial charge on any atom is 0.407 e. The van der Waals surface area contributed by atoms with E-state index in [1.165, 1.54) is 12.1 Å². The molecule has 3 aromatic rings. The van der Waals surface area contributed by atoms with E-state index in [9.17, 15) is 29.1 Å². The molecule has 0 spiro atoms. The van der Waals surface area contributed by atoms with Gasteiger partial charge in [0.25, 0.3) is 0 Å². The minimum Gasteiger partial charge on any atom is -0.508 e. The highest BCUT2D eigenvalue weighted by molar-refractivity contribution is 5.92. The Hall–Kier alpha value is -6.36. The molecular weight excluding hydrogens is 769 g/mol. The van der Waals surface area contributed by atoms with Gasteiger partial charge in [-0.05, 0) is 86.6 Å². The maximum absolute atomic E-state index is 14.6. The van der Waals surface area contributed by atoms with Crippen molar-refractivity contribution in [1.82, 2.24) is 36.8 Å². The summed E-state index contributed by atoms with van der Waals surface area (Å²) in [6, 6.07) is 19.8.